The smallest absolute Gasteiger partial charge is 0.0171 e. The predicted octanol–water partition coefficient (Wildman–Crippen LogP) is 2.93. The molecule has 0 aromatic carbocycles. The molecular formula is C10H17N. The van der Waals surface area contributed by atoms with Crippen molar-refractivity contribution in [1.82, 2.24) is 4.90 Å². The Labute approximate surface area is 69.7 Å². The first-order valence-electron chi connectivity index (χ1n) is 3.69. The van der Waals surface area contributed by atoms with Gasteiger partial charge in [0.2, 0.25) is 0 Å². The van der Waals surface area contributed by atoms with Crippen LogP contribution in [-0.4, -0.2) is 11.9 Å². The highest BCUT2D eigenvalue weighted by molar-refractivity contribution is 5.28. The van der Waals surface area contributed by atoms with Crippen molar-refractivity contribution in [1.29, 1.82) is 0 Å². The number of allylic oxidation sites excluding steroid dienone is 3. The molecule has 0 spiro atoms. The van der Waals surface area contributed by atoms with Crippen LogP contribution in [0.5, 0.6) is 0 Å². The lowest BCUT2D eigenvalue weighted by Crippen LogP contribution is -2.08. The summed E-state index contributed by atoms with van der Waals surface area (Å²) in [5.41, 5.74) is 3.54. The minimum atomic E-state index is 1.11. The van der Waals surface area contributed by atoms with Crippen LogP contribution in [0.1, 0.15) is 20.8 Å². The lowest BCUT2D eigenvalue weighted by atomic mass is 10.1. The van der Waals surface area contributed by atoms with Gasteiger partial charge in [0, 0.05) is 12.7 Å². The van der Waals surface area contributed by atoms with Crippen LogP contribution < -0.4 is 0 Å². The van der Waals surface area contributed by atoms with Gasteiger partial charge in [0.05, 0.1) is 0 Å². The minimum Gasteiger partial charge on any atom is -0.355 e. The zero-order chi connectivity index (χ0) is 9.02. The third kappa shape index (κ3) is 2.62. The second-order valence-corrected chi connectivity index (χ2v) is 2.78. The standard InChI is InChI=1S/C10H17N/c1-7-11(6)10(5)9(4)8(2)3/h7H,1-2H2,3-6H3/b10-9+. The monoisotopic (exact) mass is 151 g/mol. The van der Waals surface area contributed by atoms with Gasteiger partial charge in [0.15, 0.2) is 0 Å². The van der Waals surface area contributed by atoms with E-state index in [2.05, 4.69) is 27.0 Å². The minimum absolute atomic E-state index is 1.11. The molecule has 0 saturated carbocycles. The molecule has 0 aromatic heterocycles. The van der Waals surface area contributed by atoms with Gasteiger partial charge < -0.3 is 4.90 Å². The van der Waals surface area contributed by atoms with E-state index >= 15 is 0 Å². The maximum Gasteiger partial charge on any atom is 0.0171 e. The van der Waals surface area contributed by atoms with Gasteiger partial charge in [-0.1, -0.05) is 18.7 Å². The highest BCUT2D eigenvalue weighted by Gasteiger charge is 1.99. The number of rotatable bonds is 3. The van der Waals surface area contributed by atoms with E-state index in [9.17, 15) is 0 Å². The Balaban J connectivity index is 4.64. The van der Waals surface area contributed by atoms with Crippen LogP contribution in [0.4, 0.5) is 0 Å². The molecule has 0 bridgehead atoms. The molecule has 0 aliphatic heterocycles. The molecule has 0 amide bonds. The molecule has 0 heterocycles. The molecule has 11 heavy (non-hydrogen) atoms. The van der Waals surface area contributed by atoms with Crippen LogP contribution in [0.15, 0.2) is 36.2 Å². The second-order valence-electron chi connectivity index (χ2n) is 2.78. The molecule has 0 N–H and O–H groups in total. The van der Waals surface area contributed by atoms with Crippen molar-refractivity contribution in [3.8, 4) is 0 Å². The predicted molar refractivity (Wildman–Crippen MR) is 51.1 cm³/mol. The third-order valence-corrected chi connectivity index (χ3v) is 1.99. The highest BCUT2D eigenvalue weighted by atomic mass is 15.1. The second kappa shape index (κ2) is 4.02. The number of hydrogen-bond donors (Lipinski definition) is 0. The van der Waals surface area contributed by atoms with E-state index in [1.807, 2.05) is 18.9 Å². The van der Waals surface area contributed by atoms with Crippen LogP contribution >= 0.6 is 0 Å². The van der Waals surface area contributed by atoms with Crippen molar-refractivity contribution in [3.63, 3.8) is 0 Å². The molecular weight excluding hydrogens is 134 g/mol. The van der Waals surface area contributed by atoms with Gasteiger partial charge in [-0.15, -0.1) is 0 Å². The topological polar surface area (TPSA) is 3.24 Å². The fraction of sp³-hybridized carbons (Fsp3) is 0.400. The molecule has 0 saturated heterocycles. The Kier molecular flexibility index (Phi) is 3.66. The molecule has 0 unspecified atom stereocenters. The van der Waals surface area contributed by atoms with E-state index < -0.39 is 0 Å². The lowest BCUT2D eigenvalue weighted by Gasteiger charge is -2.17. The summed E-state index contributed by atoms with van der Waals surface area (Å²) in [6.07, 6.45) is 1.79. The van der Waals surface area contributed by atoms with Crippen molar-refractivity contribution in [3.05, 3.63) is 36.2 Å². The molecule has 0 radical (unpaired) electrons. The van der Waals surface area contributed by atoms with Crippen molar-refractivity contribution < 1.29 is 0 Å². The summed E-state index contributed by atoms with van der Waals surface area (Å²) >= 11 is 0. The molecule has 1 heteroatoms. The quantitative estimate of drug-likeness (QED) is 0.560. The molecule has 1 nitrogen and oxygen atoms in total. The van der Waals surface area contributed by atoms with Crippen LogP contribution in [0.25, 0.3) is 0 Å². The molecule has 0 aromatic rings. The summed E-state index contributed by atoms with van der Waals surface area (Å²) in [5, 5.41) is 0. The van der Waals surface area contributed by atoms with Crippen molar-refractivity contribution in [2.75, 3.05) is 7.05 Å². The van der Waals surface area contributed by atoms with Gasteiger partial charge in [-0.2, -0.15) is 0 Å². The van der Waals surface area contributed by atoms with Gasteiger partial charge in [-0.25, -0.2) is 0 Å². The number of nitrogens with zero attached hydrogens (tertiary/aromatic N) is 1. The Morgan fingerprint density at radius 3 is 2.00 bits per heavy atom. The zero-order valence-electron chi connectivity index (χ0n) is 7.94. The van der Waals surface area contributed by atoms with Crippen LogP contribution in [0, 0.1) is 0 Å². The Bertz CT molecular complexity index is 199. The number of hydrogen-bond acceptors (Lipinski definition) is 1. The van der Waals surface area contributed by atoms with Crippen LogP contribution in [0.2, 0.25) is 0 Å². The maximum absolute atomic E-state index is 3.87. The van der Waals surface area contributed by atoms with Gasteiger partial charge in [-0.05, 0) is 32.5 Å². The molecule has 0 fully saturated rings. The largest absolute Gasteiger partial charge is 0.355 e. The Morgan fingerprint density at radius 2 is 1.73 bits per heavy atom. The third-order valence-electron chi connectivity index (χ3n) is 1.99. The Hall–Kier alpha value is -0.980. The fourth-order valence-corrected chi connectivity index (χ4v) is 0.710. The first kappa shape index (κ1) is 10.0. The van der Waals surface area contributed by atoms with Crippen LogP contribution in [-0.2, 0) is 0 Å². The van der Waals surface area contributed by atoms with Gasteiger partial charge >= 0.3 is 0 Å². The molecule has 0 rings (SSSR count). The van der Waals surface area contributed by atoms with E-state index in [4.69, 9.17) is 0 Å². The molecule has 0 aliphatic carbocycles. The summed E-state index contributed by atoms with van der Waals surface area (Å²) in [4.78, 5) is 1.99. The molecule has 0 aliphatic rings. The Morgan fingerprint density at radius 1 is 1.27 bits per heavy atom. The van der Waals surface area contributed by atoms with Gasteiger partial charge in [0.25, 0.3) is 0 Å². The van der Waals surface area contributed by atoms with Gasteiger partial charge in [-0.3, -0.25) is 0 Å². The van der Waals surface area contributed by atoms with Crippen molar-refractivity contribution in [2.45, 2.75) is 20.8 Å². The first-order valence-corrected chi connectivity index (χ1v) is 3.69. The van der Waals surface area contributed by atoms with Crippen molar-refractivity contribution in [2.24, 2.45) is 0 Å². The average Bonchev–Trinajstić information content (AvgIpc) is 2.00. The van der Waals surface area contributed by atoms with E-state index in [1.54, 1.807) is 6.20 Å². The van der Waals surface area contributed by atoms with Gasteiger partial charge in [0.1, 0.15) is 0 Å². The van der Waals surface area contributed by atoms with Crippen LogP contribution in [0.3, 0.4) is 0 Å². The van der Waals surface area contributed by atoms with E-state index in [0.717, 1.165) is 5.57 Å². The fourth-order valence-electron chi connectivity index (χ4n) is 0.710. The van der Waals surface area contributed by atoms with E-state index in [1.165, 1.54) is 11.3 Å². The normalized spacial score (nSPS) is 12.0. The maximum atomic E-state index is 3.87. The van der Waals surface area contributed by atoms with E-state index in [0.29, 0.717) is 0 Å². The SMILES string of the molecule is C=CN(C)/C(C)=C(\C)C(=C)C. The highest BCUT2D eigenvalue weighted by Crippen LogP contribution is 2.13. The average molecular weight is 151 g/mol. The summed E-state index contributed by atoms with van der Waals surface area (Å²) in [6.45, 7) is 13.7. The van der Waals surface area contributed by atoms with E-state index in [-0.39, 0.29) is 0 Å². The summed E-state index contributed by atoms with van der Waals surface area (Å²) < 4.78 is 0. The molecule has 62 valence electrons. The first-order chi connectivity index (χ1) is 5.00. The molecule has 0 atom stereocenters. The lowest BCUT2D eigenvalue weighted by molar-refractivity contribution is 0.565. The van der Waals surface area contributed by atoms with Crippen molar-refractivity contribution >= 4 is 0 Å². The zero-order valence-corrected chi connectivity index (χ0v) is 7.94. The summed E-state index contributed by atoms with van der Waals surface area (Å²) in [5.74, 6) is 0. The summed E-state index contributed by atoms with van der Waals surface area (Å²) in [7, 11) is 1.98. The summed E-state index contributed by atoms with van der Waals surface area (Å²) in [6, 6.07) is 0.